The summed E-state index contributed by atoms with van der Waals surface area (Å²) >= 11 is 0. The van der Waals surface area contributed by atoms with E-state index >= 15 is 0 Å². The highest BCUT2D eigenvalue weighted by Crippen LogP contribution is 2.24. The van der Waals surface area contributed by atoms with E-state index in [1.165, 1.54) is 0 Å². The number of β-amino-alcohol motifs (C(OH)–C–C–N with tert-alkyl or cyclic N) is 1. The quantitative estimate of drug-likeness (QED) is 0.727. The maximum Gasteiger partial charge on any atom is 0.227 e. The fourth-order valence-electron chi connectivity index (χ4n) is 4.09. The minimum Gasteiger partial charge on any atom is -0.391 e. The van der Waals surface area contributed by atoms with Crippen LogP contribution in [0.5, 0.6) is 0 Å². The van der Waals surface area contributed by atoms with Crippen molar-refractivity contribution >= 4 is 5.91 Å². The van der Waals surface area contributed by atoms with Crippen molar-refractivity contribution in [3.05, 3.63) is 77.4 Å². The summed E-state index contributed by atoms with van der Waals surface area (Å²) < 4.78 is 1.89. The second kappa shape index (κ2) is 8.17. The second-order valence-corrected chi connectivity index (χ2v) is 7.76. The molecule has 0 radical (unpaired) electrons. The van der Waals surface area contributed by atoms with Crippen molar-refractivity contribution in [3.8, 4) is 5.69 Å². The number of nitrogens with zero attached hydrogens (tertiary/aromatic N) is 4. The Labute approximate surface area is 170 Å². The topological polar surface area (TPSA) is 71.2 Å². The molecule has 0 spiro atoms. The molecule has 4 rings (SSSR count). The van der Waals surface area contributed by atoms with Crippen LogP contribution in [0.1, 0.15) is 22.5 Å². The molecule has 3 heterocycles. The maximum atomic E-state index is 13.0. The molecule has 2 atom stereocenters. The first-order valence-corrected chi connectivity index (χ1v) is 9.98. The molecule has 1 aromatic carbocycles. The molecule has 2 aromatic heterocycles. The number of aromatic nitrogens is 3. The third-order valence-electron chi connectivity index (χ3n) is 5.78. The van der Waals surface area contributed by atoms with Gasteiger partial charge in [0.1, 0.15) is 0 Å². The normalized spacial score (nSPS) is 18.9. The van der Waals surface area contributed by atoms with Gasteiger partial charge < -0.3 is 10.0 Å². The molecule has 1 N–H and O–H groups in total. The van der Waals surface area contributed by atoms with Gasteiger partial charge in [0.05, 0.1) is 23.9 Å². The number of likely N-dealkylation sites (tertiary alicyclic amines) is 1. The van der Waals surface area contributed by atoms with Gasteiger partial charge in [0.2, 0.25) is 5.91 Å². The molecule has 1 fully saturated rings. The number of rotatable bonds is 5. The fraction of sp³-hybridized carbons (Fsp3) is 0.348. The van der Waals surface area contributed by atoms with Crippen LogP contribution in [-0.4, -0.2) is 49.9 Å². The van der Waals surface area contributed by atoms with Gasteiger partial charge >= 0.3 is 0 Å². The van der Waals surface area contributed by atoms with Gasteiger partial charge in [-0.15, -0.1) is 0 Å². The molecule has 1 amide bonds. The molecule has 1 aliphatic heterocycles. The van der Waals surface area contributed by atoms with Crippen molar-refractivity contribution in [1.82, 2.24) is 19.7 Å². The predicted molar refractivity (Wildman–Crippen MR) is 111 cm³/mol. The number of pyridine rings is 1. The Hall–Kier alpha value is -2.99. The fourth-order valence-corrected chi connectivity index (χ4v) is 4.09. The van der Waals surface area contributed by atoms with E-state index in [-0.39, 0.29) is 11.8 Å². The number of para-hydroxylation sites is 1. The van der Waals surface area contributed by atoms with Crippen LogP contribution in [0.2, 0.25) is 0 Å². The Bertz CT molecular complexity index is 985. The van der Waals surface area contributed by atoms with Crippen LogP contribution >= 0.6 is 0 Å². The summed E-state index contributed by atoms with van der Waals surface area (Å²) in [4.78, 5) is 18.8. The summed E-state index contributed by atoms with van der Waals surface area (Å²) in [6.45, 7) is 4.91. The second-order valence-electron chi connectivity index (χ2n) is 7.76. The number of benzene rings is 1. The predicted octanol–water partition coefficient (Wildman–Crippen LogP) is 2.49. The molecule has 1 saturated heterocycles. The molecule has 1 aliphatic rings. The average Bonchev–Trinajstić information content (AvgIpc) is 3.24. The van der Waals surface area contributed by atoms with E-state index in [2.05, 4.69) is 10.1 Å². The highest BCUT2D eigenvalue weighted by atomic mass is 16.3. The van der Waals surface area contributed by atoms with Crippen LogP contribution in [0.25, 0.3) is 5.69 Å². The van der Waals surface area contributed by atoms with Crippen molar-refractivity contribution in [1.29, 1.82) is 0 Å². The van der Waals surface area contributed by atoms with Crippen molar-refractivity contribution in [2.24, 2.45) is 5.92 Å². The lowest BCUT2D eigenvalue weighted by Gasteiger charge is -2.16. The Balaban J connectivity index is 1.45. The van der Waals surface area contributed by atoms with Gasteiger partial charge in [0.15, 0.2) is 0 Å². The van der Waals surface area contributed by atoms with Crippen molar-refractivity contribution < 1.29 is 9.90 Å². The maximum absolute atomic E-state index is 13.0. The monoisotopic (exact) mass is 390 g/mol. The number of carbonyl (C=O) groups excluding carboxylic acids is 1. The smallest absolute Gasteiger partial charge is 0.227 e. The van der Waals surface area contributed by atoms with Gasteiger partial charge in [0.25, 0.3) is 0 Å². The number of aliphatic hydroxyl groups is 1. The van der Waals surface area contributed by atoms with Crippen LogP contribution in [0.3, 0.4) is 0 Å². The van der Waals surface area contributed by atoms with E-state index in [0.717, 1.165) is 34.6 Å². The summed E-state index contributed by atoms with van der Waals surface area (Å²) in [5.74, 6) is 0.0932. The first kappa shape index (κ1) is 19.3. The Kier molecular flexibility index (Phi) is 5.45. The van der Waals surface area contributed by atoms with Crippen LogP contribution in [0, 0.1) is 19.8 Å². The molecule has 0 bridgehead atoms. The largest absolute Gasteiger partial charge is 0.391 e. The highest BCUT2D eigenvalue weighted by molar-refractivity contribution is 5.79. The Morgan fingerprint density at radius 2 is 1.83 bits per heavy atom. The minimum absolute atomic E-state index is 0.0418. The standard InChI is InChI=1S/C23H26N4O2/c1-16-21(17(2)27(25-16)20-6-4-3-5-7-20)13-23(29)26-14-19(22(28)15-26)12-18-8-10-24-11-9-18/h3-11,19,22,28H,12-15H2,1-2H3/t19-,22-/m1/s1. The van der Waals surface area contributed by atoms with Gasteiger partial charge in [-0.25, -0.2) is 4.68 Å². The molecule has 150 valence electrons. The zero-order valence-electron chi connectivity index (χ0n) is 16.8. The van der Waals surface area contributed by atoms with Crippen molar-refractivity contribution in [3.63, 3.8) is 0 Å². The van der Waals surface area contributed by atoms with E-state index in [0.29, 0.717) is 19.5 Å². The van der Waals surface area contributed by atoms with Gasteiger partial charge in [-0.05, 0) is 50.1 Å². The lowest BCUT2D eigenvalue weighted by Crippen LogP contribution is -2.31. The van der Waals surface area contributed by atoms with Gasteiger partial charge in [0, 0.05) is 42.7 Å². The van der Waals surface area contributed by atoms with Gasteiger partial charge in [-0.1, -0.05) is 18.2 Å². The van der Waals surface area contributed by atoms with Crippen molar-refractivity contribution in [2.45, 2.75) is 32.8 Å². The van der Waals surface area contributed by atoms with E-state index < -0.39 is 6.10 Å². The lowest BCUT2D eigenvalue weighted by atomic mass is 9.97. The molecule has 0 aliphatic carbocycles. The number of aryl methyl sites for hydroxylation is 1. The van der Waals surface area contributed by atoms with Gasteiger partial charge in [-0.3, -0.25) is 9.78 Å². The molecular weight excluding hydrogens is 364 g/mol. The van der Waals surface area contributed by atoms with Crippen LogP contribution in [0.15, 0.2) is 54.9 Å². The van der Waals surface area contributed by atoms with Crippen LogP contribution in [-0.2, 0) is 17.6 Å². The summed E-state index contributed by atoms with van der Waals surface area (Å²) in [5.41, 5.74) is 4.93. The summed E-state index contributed by atoms with van der Waals surface area (Å²) in [6.07, 6.45) is 4.07. The molecule has 0 saturated carbocycles. The van der Waals surface area contributed by atoms with Crippen LogP contribution < -0.4 is 0 Å². The van der Waals surface area contributed by atoms with Crippen LogP contribution in [0.4, 0.5) is 0 Å². The third kappa shape index (κ3) is 4.07. The van der Waals surface area contributed by atoms with Gasteiger partial charge in [-0.2, -0.15) is 5.10 Å². The Morgan fingerprint density at radius 1 is 1.10 bits per heavy atom. The molecule has 6 nitrogen and oxygen atoms in total. The van der Waals surface area contributed by atoms with Crippen molar-refractivity contribution in [2.75, 3.05) is 13.1 Å². The summed E-state index contributed by atoms with van der Waals surface area (Å²) in [7, 11) is 0. The molecular formula is C23H26N4O2. The number of hydrogen-bond acceptors (Lipinski definition) is 4. The minimum atomic E-state index is -0.499. The number of amides is 1. The molecule has 29 heavy (non-hydrogen) atoms. The zero-order valence-corrected chi connectivity index (χ0v) is 16.8. The average molecular weight is 390 g/mol. The first-order chi connectivity index (χ1) is 14.0. The summed E-state index contributed by atoms with van der Waals surface area (Å²) in [6, 6.07) is 13.9. The lowest BCUT2D eigenvalue weighted by molar-refractivity contribution is -0.129. The molecule has 3 aromatic rings. The third-order valence-corrected chi connectivity index (χ3v) is 5.78. The van der Waals surface area contributed by atoms with E-state index in [4.69, 9.17) is 0 Å². The molecule has 6 heteroatoms. The summed E-state index contributed by atoms with van der Waals surface area (Å²) in [5, 5.41) is 15.1. The number of hydrogen-bond donors (Lipinski definition) is 1. The first-order valence-electron chi connectivity index (χ1n) is 9.98. The van der Waals surface area contributed by atoms with E-state index in [1.807, 2.05) is 61.0 Å². The zero-order chi connectivity index (χ0) is 20.4. The SMILES string of the molecule is Cc1nn(-c2ccccc2)c(C)c1CC(=O)N1C[C@@H](Cc2ccncc2)[C@H](O)C1. The number of aliphatic hydroxyl groups excluding tert-OH is 1. The Morgan fingerprint density at radius 3 is 2.55 bits per heavy atom. The number of carbonyl (C=O) groups is 1. The highest BCUT2D eigenvalue weighted by Gasteiger charge is 2.34. The van der Waals surface area contributed by atoms with E-state index in [9.17, 15) is 9.90 Å². The molecule has 0 unspecified atom stereocenters. The van der Waals surface area contributed by atoms with E-state index in [1.54, 1.807) is 17.3 Å².